The lowest BCUT2D eigenvalue weighted by molar-refractivity contribution is 0.0955. The molecule has 0 unspecified atom stereocenters. The zero-order valence-corrected chi connectivity index (χ0v) is 13.8. The van der Waals surface area contributed by atoms with Gasteiger partial charge < -0.3 is 0 Å². The van der Waals surface area contributed by atoms with Crippen molar-refractivity contribution in [1.82, 2.24) is 5.43 Å². The first-order valence-electron chi connectivity index (χ1n) is 7.87. The Balaban J connectivity index is 2.40. The second-order valence-electron chi connectivity index (χ2n) is 6.43. The molecule has 0 fully saturated rings. The fourth-order valence-electron chi connectivity index (χ4n) is 2.02. The average Bonchev–Trinajstić information content (AvgIpc) is 2.45. The summed E-state index contributed by atoms with van der Waals surface area (Å²) in [6.45, 7) is 8.67. The van der Waals surface area contributed by atoms with Gasteiger partial charge in [0.05, 0.1) is 0 Å². The maximum Gasteiger partial charge on any atom is 0.271 e. The largest absolute Gasteiger partial charge is 0.271 e. The van der Waals surface area contributed by atoms with Crippen LogP contribution in [0.3, 0.4) is 0 Å². The second kappa shape index (κ2) is 8.60. The Morgan fingerprint density at radius 2 is 1.81 bits per heavy atom. The van der Waals surface area contributed by atoms with Crippen LogP contribution in [0.2, 0.25) is 0 Å². The van der Waals surface area contributed by atoms with Crippen LogP contribution in [-0.2, 0) is 5.41 Å². The summed E-state index contributed by atoms with van der Waals surface area (Å²) in [5.74, 6) is -0.153. The Morgan fingerprint density at radius 1 is 1.14 bits per heavy atom. The van der Waals surface area contributed by atoms with Crippen LogP contribution < -0.4 is 5.43 Å². The molecule has 3 nitrogen and oxygen atoms in total. The molecule has 0 saturated carbocycles. The summed E-state index contributed by atoms with van der Waals surface area (Å²) >= 11 is 0. The lowest BCUT2D eigenvalue weighted by Gasteiger charge is -2.18. The first kappa shape index (κ1) is 17.4. The van der Waals surface area contributed by atoms with E-state index >= 15 is 0 Å². The molecule has 1 rings (SSSR count). The number of hydrogen-bond donors (Lipinski definition) is 1. The van der Waals surface area contributed by atoms with Crippen LogP contribution in [-0.4, -0.2) is 12.1 Å². The third-order valence-electron chi connectivity index (χ3n) is 3.46. The third-order valence-corrected chi connectivity index (χ3v) is 3.46. The molecule has 0 saturated heterocycles. The Morgan fingerprint density at radius 3 is 2.38 bits per heavy atom. The number of amides is 1. The topological polar surface area (TPSA) is 41.5 Å². The number of nitrogens with one attached hydrogen (secondary N) is 1. The van der Waals surface area contributed by atoms with E-state index in [1.807, 2.05) is 24.3 Å². The van der Waals surface area contributed by atoms with Crippen molar-refractivity contribution in [3.63, 3.8) is 0 Å². The molecular formula is C18H28N2O. The highest BCUT2D eigenvalue weighted by atomic mass is 16.2. The molecule has 21 heavy (non-hydrogen) atoms. The van der Waals surface area contributed by atoms with Gasteiger partial charge in [0.1, 0.15) is 0 Å². The van der Waals surface area contributed by atoms with E-state index in [1.54, 1.807) is 6.21 Å². The summed E-state index contributed by atoms with van der Waals surface area (Å²) in [7, 11) is 0. The van der Waals surface area contributed by atoms with Crippen molar-refractivity contribution in [1.29, 1.82) is 0 Å². The van der Waals surface area contributed by atoms with Gasteiger partial charge in [0.2, 0.25) is 0 Å². The number of rotatable bonds is 7. The first-order valence-corrected chi connectivity index (χ1v) is 7.87. The molecule has 0 atom stereocenters. The molecule has 0 aliphatic carbocycles. The quantitative estimate of drug-likeness (QED) is 0.442. The Labute approximate surface area is 128 Å². The molecule has 0 spiro atoms. The zero-order valence-electron chi connectivity index (χ0n) is 13.8. The van der Waals surface area contributed by atoms with Crippen molar-refractivity contribution in [2.24, 2.45) is 5.10 Å². The van der Waals surface area contributed by atoms with Crippen molar-refractivity contribution in [2.75, 3.05) is 0 Å². The van der Waals surface area contributed by atoms with Gasteiger partial charge in [-0.15, -0.1) is 0 Å². The minimum absolute atomic E-state index is 0.103. The summed E-state index contributed by atoms with van der Waals surface area (Å²) in [6, 6.07) is 7.71. The Bertz CT molecular complexity index is 455. The average molecular weight is 288 g/mol. The maximum absolute atomic E-state index is 11.9. The van der Waals surface area contributed by atoms with E-state index in [-0.39, 0.29) is 11.3 Å². The summed E-state index contributed by atoms with van der Waals surface area (Å²) in [4.78, 5) is 11.9. The molecule has 0 aliphatic rings. The molecule has 116 valence electrons. The fraction of sp³-hybridized carbons (Fsp3) is 0.556. The van der Waals surface area contributed by atoms with Crippen molar-refractivity contribution >= 4 is 12.1 Å². The van der Waals surface area contributed by atoms with E-state index in [2.05, 4.69) is 38.2 Å². The first-order chi connectivity index (χ1) is 9.95. The highest BCUT2D eigenvalue weighted by molar-refractivity contribution is 5.94. The fourth-order valence-corrected chi connectivity index (χ4v) is 2.02. The van der Waals surface area contributed by atoms with Gasteiger partial charge in [-0.25, -0.2) is 5.43 Å². The monoisotopic (exact) mass is 288 g/mol. The second-order valence-corrected chi connectivity index (χ2v) is 6.43. The molecule has 0 aliphatic heterocycles. The van der Waals surface area contributed by atoms with Crippen LogP contribution in [0, 0.1) is 0 Å². The summed E-state index contributed by atoms with van der Waals surface area (Å²) in [5.41, 5.74) is 4.55. The lowest BCUT2D eigenvalue weighted by Crippen LogP contribution is -2.18. The van der Waals surface area contributed by atoms with Crippen LogP contribution in [0.25, 0.3) is 0 Å². The Hall–Kier alpha value is -1.64. The SMILES string of the molecule is CCCCCC/C=N\NC(=O)c1ccc(C(C)(C)C)cc1. The van der Waals surface area contributed by atoms with Gasteiger partial charge in [0.25, 0.3) is 5.91 Å². The predicted octanol–water partition coefficient (Wildman–Crippen LogP) is 4.67. The predicted molar refractivity (Wildman–Crippen MR) is 89.9 cm³/mol. The van der Waals surface area contributed by atoms with Crippen LogP contribution in [0.1, 0.15) is 75.7 Å². The van der Waals surface area contributed by atoms with E-state index in [1.165, 1.54) is 24.8 Å². The van der Waals surface area contributed by atoms with E-state index < -0.39 is 0 Å². The molecule has 3 heteroatoms. The van der Waals surface area contributed by atoms with Gasteiger partial charge in [-0.2, -0.15) is 5.10 Å². The van der Waals surface area contributed by atoms with E-state index in [4.69, 9.17) is 0 Å². The number of hydrazone groups is 1. The molecule has 0 bridgehead atoms. The molecular weight excluding hydrogens is 260 g/mol. The molecule has 0 aromatic heterocycles. The van der Waals surface area contributed by atoms with E-state index in [9.17, 15) is 4.79 Å². The van der Waals surface area contributed by atoms with Crippen molar-refractivity contribution < 1.29 is 4.79 Å². The van der Waals surface area contributed by atoms with Gasteiger partial charge in [-0.3, -0.25) is 4.79 Å². The highest BCUT2D eigenvalue weighted by Gasteiger charge is 2.13. The number of hydrogen-bond acceptors (Lipinski definition) is 2. The number of carbonyl (C=O) groups is 1. The maximum atomic E-state index is 11.9. The molecule has 1 N–H and O–H groups in total. The Kier molecular flexibility index (Phi) is 7.13. The van der Waals surface area contributed by atoms with Crippen molar-refractivity contribution in [3.8, 4) is 0 Å². The number of carbonyl (C=O) groups excluding carboxylic acids is 1. The standard InChI is InChI=1S/C18H28N2O/c1-5-6-7-8-9-14-19-20-17(21)15-10-12-16(13-11-15)18(2,3)4/h10-14H,5-9H2,1-4H3,(H,20,21)/b19-14-. The van der Waals surface area contributed by atoms with Crippen molar-refractivity contribution in [3.05, 3.63) is 35.4 Å². The summed E-state index contributed by atoms with van der Waals surface area (Å²) in [6.07, 6.45) is 7.57. The lowest BCUT2D eigenvalue weighted by atomic mass is 9.87. The van der Waals surface area contributed by atoms with Crippen LogP contribution in [0.5, 0.6) is 0 Å². The molecule has 0 heterocycles. The van der Waals surface area contributed by atoms with E-state index in [0.29, 0.717) is 5.56 Å². The molecule has 0 radical (unpaired) electrons. The smallest absolute Gasteiger partial charge is 0.267 e. The summed E-state index contributed by atoms with van der Waals surface area (Å²) in [5, 5.41) is 3.99. The van der Waals surface area contributed by atoms with Gasteiger partial charge in [0.15, 0.2) is 0 Å². The third kappa shape index (κ3) is 6.56. The zero-order chi connectivity index (χ0) is 15.7. The number of unbranched alkanes of at least 4 members (excludes halogenated alkanes) is 4. The van der Waals surface area contributed by atoms with Gasteiger partial charge >= 0.3 is 0 Å². The summed E-state index contributed by atoms with van der Waals surface area (Å²) < 4.78 is 0. The van der Waals surface area contributed by atoms with E-state index in [0.717, 1.165) is 12.8 Å². The molecule has 1 aromatic rings. The van der Waals surface area contributed by atoms with Gasteiger partial charge in [-0.1, -0.05) is 59.1 Å². The number of nitrogens with zero attached hydrogens (tertiary/aromatic N) is 1. The van der Waals surface area contributed by atoms with Crippen LogP contribution >= 0.6 is 0 Å². The highest BCUT2D eigenvalue weighted by Crippen LogP contribution is 2.22. The van der Waals surface area contributed by atoms with Crippen molar-refractivity contribution in [2.45, 2.75) is 65.2 Å². The van der Waals surface area contributed by atoms with Gasteiger partial charge in [0, 0.05) is 11.8 Å². The molecule has 1 aromatic carbocycles. The van der Waals surface area contributed by atoms with Crippen LogP contribution in [0.15, 0.2) is 29.4 Å². The van der Waals surface area contributed by atoms with Crippen LogP contribution in [0.4, 0.5) is 0 Å². The van der Waals surface area contributed by atoms with Gasteiger partial charge in [-0.05, 0) is 36.0 Å². The normalized spacial score (nSPS) is 11.8. The minimum atomic E-state index is -0.153. The molecule has 1 amide bonds. The minimum Gasteiger partial charge on any atom is -0.267 e. The number of benzene rings is 1.